The molecule has 108 valence electrons. The van der Waals surface area contributed by atoms with Crippen LogP contribution in [-0.4, -0.2) is 24.8 Å². The molecule has 1 aliphatic rings. The second kappa shape index (κ2) is 6.57. The second-order valence-corrected chi connectivity index (χ2v) is 6.78. The van der Waals surface area contributed by atoms with Crippen molar-refractivity contribution in [1.29, 1.82) is 0 Å². The summed E-state index contributed by atoms with van der Waals surface area (Å²) < 4.78 is 1.04. The van der Waals surface area contributed by atoms with Gasteiger partial charge in [-0.3, -0.25) is 4.79 Å². The summed E-state index contributed by atoms with van der Waals surface area (Å²) in [5, 5.41) is 0. The Hall–Kier alpha value is -1.09. The van der Waals surface area contributed by atoms with Crippen LogP contribution in [0.25, 0.3) is 0 Å². The summed E-state index contributed by atoms with van der Waals surface area (Å²) in [4.78, 5) is 14.8. The van der Waals surface area contributed by atoms with Crippen molar-refractivity contribution in [2.75, 3.05) is 14.1 Å². The van der Waals surface area contributed by atoms with Crippen LogP contribution in [0.4, 0.5) is 0 Å². The first-order chi connectivity index (χ1) is 9.49. The number of hydrogen-bond acceptors (Lipinski definition) is 2. The maximum absolute atomic E-state index is 12.8. The molecule has 0 bridgehead atoms. The lowest BCUT2D eigenvalue weighted by molar-refractivity contribution is -0.118. The molecule has 0 N–H and O–H groups in total. The number of rotatable bonds is 5. The van der Waals surface area contributed by atoms with Gasteiger partial charge in [0.05, 0.1) is 0 Å². The lowest BCUT2D eigenvalue weighted by Gasteiger charge is -2.33. The Morgan fingerprint density at radius 3 is 2.60 bits per heavy atom. The molecule has 0 spiro atoms. The first-order valence-electron chi connectivity index (χ1n) is 7.13. The maximum atomic E-state index is 12.8. The van der Waals surface area contributed by atoms with Crippen molar-refractivity contribution in [3.63, 3.8) is 0 Å². The normalized spacial score (nSPS) is 17.5. The highest BCUT2D eigenvalue weighted by atomic mass is 79.9. The highest BCUT2D eigenvalue weighted by Gasteiger charge is 2.34. The molecule has 1 aromatic carbocycles. The summed E-state index contributed by atoms with van der Waals surface area (Å²) in [7, 11) is 3.91. The van der Waals surface area contributed by atoms with E-state index in [1.165, 1.54) is 6.42 Å². The molecule has 2 rings (SSSR count). The Kier molecular flexibility index (Phi) is 5.03. The van der Waals surface area contributed by atoms with Gasteiger partial charge in [0, 0.05) is 36.3 Å². The number of nitrogens with zero attached hydrogens (tertiary/aromatic N) is 1. The minimum Gasteiger partial charge on any atom is -0.383 e. The van der Waals surface area contributed by atoms with Gasteiger partial charge in [0.25, 0.3) is 0 Å². The fraction of sp³-hybridized carbons (Fsp3) is 0.471. The van der Waals surface area contributed by atoms with Crippen LogP contribution in [0, 0.1) is 5.92 Å². The molecule has 2 nitrogen and oxygen atoms in total. The van der Waals surface area contributed by atoms with E-state index < -0.39 is 0 Å². The highest BCUT2D eigenvalue weighted by Crippen LogP contribution is 2.41. The molecule has 0 aliphatic heterocycles. The molecule has 0 amide bonds. The summed E-state index contributed by atoms with van der Waals surface area (Å²) in [5.74, 6) is 0.779. The molecule has 1 saturated carbocycles. The summed E-state index contributed by atoms with van der Waals surface area (Å²) in [6.07, 6.45) is 5.50. The average molecular weight is 336 g/mol. The van der Waals surface area contributed by atoms with E-state index in [9.17, 15) is 4.79 Å². The molecular formula is C17H22BrNO. The molecule has 0 radical (unpaired) electrons. The Balaban J connectivity index is 2.31. The maximum Gasteiger partial charge on any atom is 0.167 e. The van der Waals surface area contributed by atoms with E-state index in [0.29, 0.717) is 5.92 Å². The molecular weight excluding hydrogens is 314 g/mol. The predicted octanol–water partition coefficient (Wildman–Crippen LogP) is 4.37. The number of allylic oxidation sites excluding steroid dienone is 1. The molecule has 1 aromatic rings. The van der Waals surface area contributed by atoms with E-state index in [1.54, 1.807) is 0 Å². The zero-order valence-corrected chi connectivity index (χ0v) is 14.0. The largest absolute Gasteiger partial charge is 0.383 e. The topological polar surface area (TPSA) is 20.3 Å². The smallest absolute Gasteiger partial charge is 0.167 e. The van der Waals surface area contributed by atoms with Gasteiger partial charge in [0.2, 0.25) is 0 Å². The number of ketones is 1. The minimum atomic E-state index is 0.0115. The number of halogens is 1. The molecule has 1 fully saturated rings. The molecule has 1 aliphatic carbocycles. The van der Waals surface area contributed by atoms with Gasteiger partial charge in [-0.1, -0.05) is 34.5 Å². The fourth-order valence-corrected chi connectivity index (χ4v) is 3.22. The van der Waals surface area contributed by atoms with E-state index in [0.717, 1.165) is 28.5 Å². The van der Waals surface area contributed by atoms with Crippen LogP contribution in [0.1, 0.15) is 37.7 Å². The summed E-state index contributed by atoms with van der Waals surface area (Å²) >= 11 is 3.51. The van der Waals surface area contributed by atoms with Gasteiger partial charge in [0.15, 0.2) is 5.78 Å². The molecule has 3 heteroatoms. The van der Waals surface area contributed by atoms with Gasteiger partial charge < -0.3 is 4.90 Å². The van der Waals surface area contributed by atoms with Crippen molar-refractivity contribution in [3.8, 4) is 0 Å². The Morgan fingerprint density at radius 1 is 1.40 bits per heavy atom. The van der Waals surface area contributed by atoms with Crippen LogP contribution in [0.5, 0.6) is 0 Å². The number of Topliss-reactive ketones (excluding diaryl/α,β-unsaturated/α-hetero) is 1. The summed E-state index contributed by atoms with van der Waals surface area (Å²) in [6.45, 7) is 1.92. The SMILES string of the molecule is C/C(=C\N(C)C)C(=O)C(c1cccc(Br)c1)C1CCC1. The van der Waals surface area contributed by atoms with Gasteiger partial charge in [-0.15, -0.1) is 0 Å². The van der Waals surface area contributed by atoms with E-state index in [2.05, 4.69) is 28.1 Å². The fourth-order valence-electron chi connectivity index (χ4n) is 2.81. The Morgan fingerprint density at radius 2 is 2.10 bits per heavy atom. The summed E-state index contributed by atoms with van der Waals surface area (Å²) in [5.41, 5.74) is 1.98. The third-order valence-electron chi connectivity index (χ3n) is 3.95. The monoisotopic (exact) mass is 335 g/mol. The third kappa shape index (κ3) is 3.51. The lowest BCUT2D eigenvalue weighted by atomic mass is 9.70. The second-order valence-electron chi connectivity index (χ2n) is 5.86. The van der Waals surface area contributed by atoms with Crippen molar-refractivity contribution in [2.24, 2.45) is 5.92 Å². The van der Waals surface area contributed by atoms with Crippen molar-refractivity contribution >= 4 is 21.7 Å². The Labute approximate surface area is 130 Å². The molecule has 0 aromatic heterocycles. The average Bonchev–Trinajstić information content (AvgIpc) is 2.31. The van der Waals surface area contributed by atoms with Gasteiger partial charge in [0.1, 0.15) is 0 Å². The lowest BCUT2D eigenvalue weighted by Crippen LogP contribution is -2.28. The van der Waals surface area contributed by atoms with Gasteiger partial charge in [-0.25, -0.2) is 0 Å². The molecule has 20 heavy (non-hydrogen) atoms. The highest BCUT2D eigenvalue weighted by molar-refractivity contribution is 9.10. The molecule has 0 heterocycles. The van der Waals surface area contributed by atoms with E-state index in [4.69, 9.17) is 0 Å². The van der Waals surface area contributed by atoms with E-state index in [-0.39, 0.29) is 11.7 Å². The van der Waals surface area contributed by atoms with Crippen LogP contribution in [0.3, 0.4) is 0 Å². The molecule has 1 unspecified atom stereocenters. The van der Waals surface area contributed by atoms with Crippen molar-refractivity contribution in [3.05, 3.63) is 46.1 Å². The number of carbonyl (C=O) groups excluding carboxylic acids is 1. The van der Waals surface area contributed by atoms with Gasteiger partial charge in [-0.05, 0) is 43.4 Å². The standard InChI is InChI=1S/C17H22BrNO/c1-12(11-19(2)3)17(20)16(13-6-4-7-13)14-8-5-9-15(18)10-14/h5,8-11,13,16H,4,6-7H2,1-3H3/b12-11+. The van der Waals surface area contributed by atoms with Crippen LogP contribution in [0.2, 0.25) is 0 Å². The first kappa shape index (κ1) is 15.3. The summed E-state index contributed by atoms with van der Waals surface area (Å²) in [6, 6.07) is 8.19. The quantitative estimate of drug-likeness (QED) is 0.745. The Bertz CT molecular complexity index is 517. The van der Waals surface area contributed by atoms with Gasteiger partial charge >= 0.3 is 0 Å². The third-order valence-corrected chi connectivity index (χ3v) is 4.45. The van der Waals surface area contributed by atoms with E-state index in [1.807, 2.05) is 44.3 Å². The zero-order chi connectivity index (χ0) is 14.7. The number of hydrogen-bond donors (Lipinski definition) is 0. The van der Waals surface area contributed by atoms with Crippen molar-refractivity contribution in [2.45, 2.75) is 32.1 Å². The van der Waals surface area contributed by atoms with Crippen LogP contribution in [0.15, 0.2) is 40.5 Å². The van der Waals surface area contributed by atoms with Crippen LogP contribution in [-0.2, 0) is 4.79 Å². The van der Waals surface area contributed by atoms with Crippen LogP contribution < -0.4 is 0 Å². The first-order valence-corrected chi connectivity index (χ1v) is 7.93. The minimum absolute atomic E-state index is 0.0115. The van der Waals surface area contributed by atoms with Crippen LogP contribution >= 0.6 is 15.9 Å². The predicted molar refractivity (Wildman–Crippen MR) is 86.7 cm³/mol. The molecule has 0 saturated heterocycles. The molecule has 1 atom stereocenters. The zero-order valence-electron chi connectivity index (χ0n) is 12.4. The van der Waals surface area contributed by atoms with Gasteiger partial charge in [-0.2, -0.15) is 0 Å². The van der Waals surface area contributed by atoms with E-state index >= 15 is 0 Å². The van der Waals surface area contributed by atoms with Crippen molar-refractivity contribution in [1.82, 2.24) is 4.90 Å². The number of benzene rings is 1. The van der Waals surface area contributed by atoms with Crippen molar-refractivity contribution < 1.29 is 4.79 Å². The number of carbonyl (C=O) groups is 1.